The molecule has 76 valence electrons. The molecule has 1 aliphatic rings. The molecule has 0 aliphatic heterocycles. The fraction of sp³-hybridized carbons (Fsp3) is 0.833. The smallest absolute Gasteiger partial charge is 0.0134 e. The Balaban J connectivity index is 2.18. The molecule has 0 aromatic rings. The van der Waals surface area contributed by atoms with E-state index >= 15 is 0 Å². The Hall–Kier alpha value is -0.300. The molecule has 0 aromatic carbocycles. The first-order valence-electron chi connectivity index (χ1n) is 5.58. The third-order valence-electron chi connectivity index (χ3n) is 3.27. The van der Waals surface area contributed by atoms with E-state index in [2.05, 4.69) is 25.7 Å². The van der Waals surface area contributed by atoms with Gasteiger partial charge in [0.15, 0.2) is 0 Å². The number of rotatable bonds is 4. The standard InChI is InChI=1S/C12H23N/c1-4-9-13-12-7-5-11(6-8-12)10(2)3/h4,10-13H,1,5-9H2,2-3H3. The summed E-state index contributed by atoms with van der Waals surface area (Å²) in [7, 11) is 0. The van der Waals surface area contributed by atoms with Gasteiger partial charge in [-0.05, 0) is 37.5 Å². The van der Waals surface area contributed by atoms with E-state index in [1.807, 2.05) is 6.08 Å². The SMILES string of the molecule is C=CCNC1CCC(C(C)C)CC1. The van der Waals surface area contributed by atoms with Crippen LogP contribution in [0.2, 0.25) is 0 Å². The van der Waals surface area contributed by atoms with E-state index in [-0.39, 0.29) is 0 Å². The number of hydrogen-bond acceptors (Lipinski definition) is 1. The molecule has 1 aliphatic carbocycles. The van der Waals surface area contributed by atoms with Crippen molar-refractivity contribution in [3.8, 4) is 0 Å². The lowest BCUT2D eigenvalue weighted by Crippen LogP contribution is -2.34. The summed E-state index contributed by atoms with van der Waals surface area (Å²) in [5.41, 5.74) is 0. The molecule has 0 radical (unpaired) electrons. The molecule has 0 unspecified atom stereocenters. The van der Waals surface area contributed by atoms with E-state index in [9.17, 15) is 0 Å². The molecule has 0 heterocycles. The summed E-state index contributed by atoms with van der Waals surface area (Å²) in [6, 6.07) is 0.757. The maximum Gasteiger partial charge on any atom is 0.0134 e. The van der Waals surface area contributed by atoms with E-state index in [4.69, 9.17) is 0 Å². The predicted octanol–water partition coefficient (Wildman–Crippen LogP) is 2.98. The molecule has 1 N–H and O–H groups in total. The highest BCUT2D eigenvalue weighted by atomic mass is 14.9. The molecular formula is C12H23N. The molecule has 0 amide bonds. The zero-order chi connectivity index (χ0) is 9.68. The highest BCUT2D eigenvalue weighted by molar-refractivity contribution is 4.81. The van der Waals surface area contributed by atoms with Crippen molar-refractivity contribution in [1.82, 2.24) is 5.32 Å². The minimum atomic E-state index is 0.757. The van der Waals surface area contributed by atoms with Crippen LogP contribution in [0.3, 0.4) is 0 Å². The van der Waals surface area contributed by atoms with Crippen LogP contribution in [0.4, 0.5) is 0 Å². The first-order chi connectivity index (χ1) is 6.24. The Morgan fingerprint density at radius 1 is 1.31 bits per heavy atom. The summed E-state index contributed by atoms with van der Waals surface area (Å²) >= 11 is 0. The van der Waals surface area contributed by atoms with Gasteiger partial charge in [-0.15, -0.1) is 6.58 Å². The van der Waals surface area contributed by atoms with Gasteiger partial charge < -0.3 is 5.32 Å². The fourth-order valence-electron chi connectivity index (χ4n) is 2.24. The van der Waals surface area contributed by atoms with E-state index < -0.39 is 0 Å². The summed E-state index contributed by atoms with van der Waals surface area (Å²) in [5.74, 6) is 1.85. The summed E-state index contributed by atoms with van der Waals surface area (Å²) in [6.45, 7) is 9.39. The summed E-state index contributed by atoms with van der Waals surface area (Å²) in [4.78, 5) is 0. The Morgan fingerprint density at radius 2 is 1.92 bits per heavy atom. The van der Waals surface area contributed by atoms with E-state index in [1.54, 1.807) is 0 Å². The van der Waals surface area contributed by atoms with Crippen molar-refractivity contribution in [2.45, 2.75) is 45.6 Å². The molecule has 0 saturated heterocycles. The van der Waals surface area contributed by atoms with Crippen LogP contribution in [0.1, 0.15) is 39.5 Å². The van der Waals surface area contributed by atoms with Gasteiger partial charge in [0.2, 0.25) is 0 Å². The number of hydrogen-bond donors (Lipinski definition) is 1. The quantitative estimate of drug-likeness (QED) is 0.657. The fourth-order valence-corrected chi connectivity index (χ4v) is 2.24. The minimum Gasteiger partial charge on any atom is -0.311 e. The van der Waals surface area contributed by atoms with Gasteiger partial charge in [-0.25, -0.2) is 0 Å². The second-order valence-corrected chi connectivity index (χ2v) is 4.55. The van der Waals surface area contributed by atoms with Crippen LogP contribution in [0.15, 0.2) is 12.7 Å². The molecular weight excluding hydrogens is 158 g/mol. The topological polar surface area (TPSA) is 12.0 Å². The van der Waals surface area contributed by atoms with Crippen molar-refractivity contribution in [2.24, 2.45) is 11.8 Å². The van der Waals surface area contributed by atoms with Crippen LogP contribution in [-0.2, 0) is 0 Å². The summed E-state index contributed by atoms with van der Waals surface area (Å²) in [6.07, 6.45) is 7.49. The summed E-state index contributed by atoms with van der Waals surface area (Å²) < 4.78 is 0. The van der Waals surface area contributed by atoms with Crippen LogP contribution in [0.25, 0.3) is 0 Å². The molecule has 1 fully saturated rings. The van der Waals surface area contributed by atoms with Crippen molar-refractivity contribution < 1.29 is 0 Å². The van der Waals surface area contributed by atoms with Crippen molar-refractivity contribution in [1.29, 1.82) is 0 Å². The van der Waals surface area contributed by atoms with Gasteiger partial charge in [-0.1, -0.05) is 19.9 Å². The predicted molar refractivity (Wildman–Crippen MR) is 58.8 cm³/mol. The van der Waals surface area contributed by atoms with Crippen molar-refractivity contribution in [3.05, 3.63) is 12.7 Å². The molecule has 1 saturated carbocycles. The van der Waals surface area contributed by atoms with Crippen LogP contribution in [-0.4, -0.2) is 12.6 Å². The van der Waals surface area contributed by atoms with Gasteiger partial charge >= 0.3 is 0 Å². The van der Waals surface area contributed by atoms with Crippen LogP contribution in [0, 0.1) is 11.8 Å². The molecule has 1 heteroatoms. The maximum atomic E-state index is 3.73. The number of nitrogens with one attached hydrogen (secondary N) is 1. The highest BCUT2D eigenvalue weighted by Crippen LogP contribution is 2.29. The molecule has 1 rings (SSSR count). The minimum absolute atomic E-state index is 0.757. The van der Waals surface area contributed by atoms with Crippen molar-refractivity contribution in [3.63, 3.8) is 0 Å². The maximum absolute atomic E-state index is 3.73. The lowest BCUT2D eigenvalue weighted by atomic mass is 9.80. The van der Waals surface area contributed by atoms with Crippen LogP contribution in [0.5, 0.6) is 0 Å². The van der Waals surface area contributed by atoms with Gasteiger partial charge in [0.1, 0.15) is 0 Å². The monoisotopic (exact) mass is 181 g/mol. The van der Waals surface area contributed by atoms with Gasteiger partial charge in [0.25, 0.3) is 0 Å². The second-order valence-electron chi connectivity index (χ2n) is 4.55. The largest absolute Gasteiger partial charge is 0.311 e. The third-order valence-corrected chi connectivity index (χ3v) is 3.27. The average Bonchev–Trinajstić information content (AvgIpc) is 2.15. The van der Waals surface area contributed by atoms with E-state index in [1.165, 1.54) is 25.7 Å². The summed E-state index contributed by atoms with van der Waals surface area (Å²) in [5, 5.41) is 3.51. The van der Waals surface area contributed by atoms with E-state index in [0.717, 1.165) is 24.4 Å². The van der Waals surface area contributed by atoms with Gasteiger partial charge in [0.05, 0.1) is 0 Å². The Morgan fingerprint density at radius 3 is 2.38 bits per heavy atom. The van der Waals surface area contributed by atoms with Crippen LogP contribution < -0.4 is 5.32 Å². The third kappa shape index (κ3) is 3.51. The Bertz CT molecular complexity index is 143. The first kappa shape index (κ1) is 10.8. The van der Waals surface area contributed by atoms with Crippen molar-refractivity contribution >= 4 is 0 Å². The molecule has 0 atom stereocenters. The Kier molecular flexibility index (Phi) is 4.51. The zero-order valence-corrected chi connectivity index (χ0v) is 9.05. The molecule has 1 nitrogen and oxygen atoms in total. The molecule has 0 bridgehead atoms. The van der Waals surface area contributed by atoms with Crippen LogP contribution >= 0.6 is 0 Å². The van der Waals surface area contributed by atoms with Gasteiger partial charge in [-0.3, -0.25) is 0 Å². The lowest BCUT2D eigenvalue weighted by molar-refractivity contribution is 0.242. The first-order valence-corrected chi connectivity index (χ1v) is 5.58. The lowest BCUT2D eigenvalue weighted by Gasteiger charge is -2.31. The zero-order valence-electron chi connectivity index (χ0n) is 9.05. The van der Waals surface area contributed by atoms with Gasteiger partial charge in [-0.2, -0.15) is 0 Å². The second kappa shape index (κ2) is 5.43. The van der Waals surface area contributed by atoms with E-state index in [0.29, 0.717) is 0 Å². The van der Waals surface area contributed by atoms with Crippen molar-refractivity contribution in [2.75, 3.05) is 6.54 Å². The highest BCUT2D eigenvalue weighted by Gasteiger charge is 2.22. The molecule has 13 heavy (non-hydrogen) atoms. The molecule has 0 spiro atoms. The normalized spacial score (nSPS) is 29.2. The Labute approximate surface area is 82.6 Å². The average molecular weight is 181 g/mol. The van der Waals surface area contributed by atoms with Gasteiger partial charge in [0, 0.05) is 12.6 Å². The molecule has 0 aromatic heterocycles.